The van der Waals surface area contributed by atoms with Crippen molar-refractivity contribution in [3.05, 3.63) is 58.7 Å². The number of aromatic nitrogens is 1. The third-order valence-corrected chi connectivity index (χ3v) is 3.35. The van der Waals surface area contributed by atoms with E-state index in [1.165, 1.54) is 0 Å². The van der Waals surface area contributed by atoms with Crippen LogP contribution in [0.25, 0.3) is 0 Å². The molecule has 9 heteroatoms. The van der Waals surface area contributed by atoms with Crippen molar-refractivity contribution in [2.24, 2.45) is 0 Å². The van der Waals surface area contributed by atoms with E-state index in [4.69, 9.17) is 23.8 Å². The number of hydrogen-bond acceptors (Lipinski definition) is 3. The molecule has 2 N–H and O–H groups in total. The van der Waals surface area contributed by atoms with Crippen LogP contribution >= 0.6 is 23.8 Å². The number of carbonyl (C=O) groups is 1. The van der Waals surface area contributed by atoms with Crippen molar-refractivity contribution in [1.29, 1.82) is 0 Å². The Labute approximate surface area is 146 Å². The maximum atomic E-state index is 12.5. The Morgan fingerprint density at radius 3 is 2.50 bits per heavy atom. The van der Waals surface area contributed by atoms with Crippen LogP contribution in [-0.4, -0.2) is 16.0 Å². The summed E-state index contributed by atoms with van der Waals surface area (Å²) in [5.74, 6) is -0.448. The smallest absolute Gasteiger partial charge is 0.316 e. The van der Waals surface area contributed by atoms with Gasteiger partial charge in [0.1, 0.15) is 0 Å². The first-order valence-electron chi connectivity index (χ1n) is 6.63. The number of nitrogens with zero attached hydrogens (tertiary/aromatic N) is 1. The van der Waals surface area contributed by atoms with Gasteiger partial charge in [-0.15, -0.1) is 0 Å². The fourth-order valence-electron chi connectivity index (χ4n) is 1.78. The lowest BCUT2D eigenvalue weighted by Crippen LogP contribution is -2.35. The largest absolute Gasteiger partial charge is 0.417 e. The summed E-state index contributed by atoms with van der Waals surface area (Å²) in [6.45, 7) is 0. The van der Waals surface area contributed by atoms with Gasteiger partial charge in [0.15, 0.2) is 10.9 Å². The number of alkyl halides is 3. The predicted octanol–water partition coefficient (Wildman–Crippen LogP) is 3.81. The zero-order valence-corrected chi connectivity index (χ0v) is 13.6. The molecular weight excluding hydrogens is 363 g/mol. The molecule has 0 fully saturated rings. The van der Waals surface area contributed by atoms with Gasteiger partial charge < -0.3 is 10.6 Å². The number of pyridine rings is 1. The quantitative estimate of drug-likeness (QED) is 0.803. The van der Waals surface area contributed by atoms with Crippen LogP contribution in [0.5, 0.6) is 0 Å². The van der Waals surface area contributed by atoms with Gasteiger partial charge in [-0.2, -0.15) is 13.2 Å². The van der Waals surface area contributed by atoms with Crippen LogP contribution in [0, 0.1) is 0 Å². The van der Waals surface area contributed by atoms with Gasteiger partial charge in [0.2, 0.25) is 5.91 Å². The third kappa shape index (κ3) is 5.17. The highest BCUT2D eigenvalue weighted by Gasteiger charge is 2.31. The maximum Gasteiger partial charge on any atom is 0.417 e. The van der Waals surface area contributed by atoms with E-state index in [9.17, 15) is 18.0 Å². The van der Waals surface area contributed by atoms with Crippen LogP contribution in [0.1, 0.15) is 11.1 Å². The molecule has 0 bridgehead atoms. The number of hydrogen-bond donors (Lipinski definition) is 2. The van der Waals surface area contributed by atoms with Gasteiger partial charge in [-0.25, -0.2) is 4.98 Å². The van der Waals surface area contributed by atoms with E-state index in [0.717, 1.165) is 11.6 Å². The summed E-state index contributed by atoms with van der Waals surface area (Å²) in [7, 11) is 0. The molecule has 1 aromatic heterocycles. The number of carbonyl (C=O) groups excluding carboxylic acids is 1. The Morgan fingerprint density at radius 2 is 1.92 bits per heavy atom. The molecule has 0 saturated carbocycles. The molecule has 0 spiro atoms. The van der Waals surface area contributed by atoms with Gasteiger partial charge in [-0.3, -0.25) is 4.79 Å². The van der Waals surface area contributed by atoms with Gasteiger partial charge in [-0.1, -0.05) is 41.9 Å². The number of anilines is 1. The highest BCUT2D eigenvalue weighted by Crippen LogP contribution is 2.32. The zero-order valence-electron chi connectivity index (χ0n) is 12.0. The first-order valence-corrected chi connectivity index (χ1v) is 7.42. The average molecular weight is 374 g/mol. The molecule has 24 heavy (non-hydrogen) atoms. The predicted molar refractivity (Wildman–Crippen MR) is 88.8 cm³/mol. The molecule has 0 aliphatic carbocycles. The number of benzene rings is 1. The monoisotopic (exact) mass is 373 g/mol. The zero-order chi connectivity index (χ0) is 17.7. The second-order valence-electron chi connectivity index (χ2n) is 4.72. The summed E-state index contributed by atoms with van der Waals surface area (Å²) in [6, 6.07) is 9.71. The molecule has 2 rings (SSSR count). The van der Waals surface area contributed by atoms with Gasteiger partial charge in [0.05, 0.1) is 17.0 Å². The fraction of sp³-hybridized carbons (Fsp3) is 0.133. The normalized spacial score (nSPS) is 11.0. The number of rotatable bonds is 3. The third-order valence-electron chi connectivity index (χ3n) is 2.86. The molecular formula is C15H11ClF3N3OS. The van der Waals surface area contributed by atoms with Crippen LogP contribution < -0.4 is 10.6 Å². The molecule has 4 nitrogen and oxygen atoms in total. The molecule has 0 saturated heterocycles. The lowest BCUT2D eigenvalue weighted by Gasteiger charge is -2.12. The van der Waals surface area contributed by atoms with Gasteiger partial charge in [0.25, 0.3) is 0 Å². The topological polar surface area (TPSA) is 54.0 Å². The van der Waals surface area contributed by atoms with Crippen LogP contribution in [0.3, 0.4) is 0 Å². The van der Waals surface area contributed by atoms with Crippen molar-refractivity contribution in [1.82, 2.24) is 10.3 Å². The molecule has 0 radical (unpaired) electrons. The van der Waals surface area contributed by atoms with E-state index in [-0.39, 0.29) is 28.3 Å². The highest BCUT2D eigenvalue weighted by atomic mass is 35.5. The van der Waals surface area contributed by atoms with Crippen LogP contribution in [-0.2, 0) is 17.4 Å². The number of halogens is 4. The van der Waals surface area contributed by atoms with Crippen molar-refractivity contribution < 1.29 is 18.0 Å². The summed E-state index contributed by atoms with van der Waals surface area (Å²) in [6.07, 6.45) is -3.81. The molecule has 2 aromatic rings. The van der Waals surface area contributed by atoms with E-state index >= 15 is 0 Å². The van der Waals surface area contributed by atoms with Crippen molar-refractivity contribution in [3.63, 3.8) is 0 Å². The summed E-state index contributed by atoms with van der Waals surface area (Å²) < 4.78 is 37.6. The first kappa shape index (κ1) is 18.2. The summed E-state index contributed by atoms with van der Waals surface area (Å²) >= 11 is 10.7. The standard InChI is InChI=1S/C15H11ClF3N3OS/c16-11-7-10(15(17,18)19)8-20-13(11)22-14(24)21-12(23)6-9-4-2-1-3-5-9/h1-5,7-8H,6H2,(H2,20,21,22,23,24). The molecule has 0 unspecified atom stereocenters. The van der Waals surface area contributed by atoms with Gasteiger partial charge >= 0.3 is 6.18 Å². The van der Waals surface area contributed by atoms with Crippen LogP contribution in [0.4, 0.5) is 19.0 Å². The minimum absolute atomic E-state index is 0.0744. The molecule has 126 valence electrons. The molecule has 1 aromatic carbocycles. The Balaban J connectivity index is 1.96. The van der Waals surface area contributed by atoms with E-state index in [0.29, 0.717) is 6.20 Å². The first-order chi connectivity index (χ1) is 11.3. The second-order valence-corrected chi connectivity index (χ2v) is 5.53. The Bertz CT molecular complexity index is 753. The van der Waals surface area contributed by atoms with E-state index in [1.54, 1.807) is 24.3 Å². The second kappa shape index (κ2) is 7.59. The number of amides is 1. The van der Waals surface area contributed by atoms with Crippen molar-refractivity contribution in [3.8, 4) is 0 Å². The summed E-state index contributed by atoms with van der Waals surface area (Å²) in [5, 5.41) is 4.54. The Hall–Kier alpha value is -2.19. The van der Waals surface area contributed by atoms with Crippen molar-refractivity contribution >= 4 is 40.7 Å². The van der Waals surface area contributed by atoms with Gasteiger partial charge in [0, 0.05) is 6.20 Å². The molecule has 1 heterocycles. The number of nitrogens with one attached hydrogen (secondary N) is 2. The summed E-state index contributed by atoms with van der Waals surface area (Å²) in [4.78, 5) is 15.4. The minimum Gasteiger partial charge on any atom is -0.316 e. The highest BCUT2D eigenvalue weighted by molar-refractivity contribution is 7.80. The Morgan fingerprint density at radius 1 is 1.25 bits per heavy atom. The molecule has 0 aliphatic rings. The minimum atomic E-state index is -4.54. The van der Waals surface area contributed by atoms with Crippen LogP contribution in [0.2, 0.25) is 5.02 Å². The van der Waals surface area contributed by atoms with Crippen molar-refractivity contribution in [2.45, 2.75) is 12.6 Å². The average Bonchev–Trinajstić information content (AvgIpc) is 2.49. The summed E-state index contributed by atoms with van der Waals surface area (Å²) in [5.41, 5.74) is -0.180. The Kier molecular flexibility index (Phi) is 5.74. The molecule has 0 aliphatic heterocycles. The fourth-order valence-corrected chi connectivity index (χ4v) is 2.20. The van der Waals surface area contributed by atoms with Gasteiger partial charge in [-0.05, 0) is 23.8 Å². The lowest BCUT2D eigenvalue weighted by atomic mass is 10.1. The maximum absolute atomic E-state index is 12.5. The van der Waals surface area contributed by atoms with Crippen LogP contribution in [0.15, 0.2) is 42.6 Å². The molecule has 1 amide bonds. The van der Waals surface area contributed by atoms with E-state index in [1.807, 2.05) is 6.07 Å². The number of thiocarbonyl (C=S) groups is 1. The SMILES string of the molecule is O=C(Cc1ccccc1)NC(=S)Nc1ncc(C(F)(F)F)cc1Cl. The lowest BCUT2D eigenvalue weighted by molar-refractivity contribution is -0.137. The molecule has 0 atom stereocenters. The van der Waals surface area contributed by atoms with E-state index in [2.05, 4.69) is 15.6 Å². The van der Waals surface area contributed by atoms with E-state index < -0.39 is 11.7 Å². The van der Waals surface area contributed by atoms with Crippen molar-refractivity contribution in [2.75, 3.05) is 5.32 Å².